The Hall–Kier alpha value is -2.28. The number of ether oxygens (including phenoxy) is 1. The van der Waals surface area contributed by atoms with Gasteiger partial charge in [0.25, 0.3) is 5.91 Å². The van der Waals surface area contributed by atoms with Gasteiger partial charge in [-0.3, -0.25) is 9.59 Å². The Morgan fingerprint density at radius 3 is 2.76 bits per heavy atom. The minimum absolute atomic E-state index is 0.153. The number of rotatable bonds is 3. The fraction of sp³-hybridized carbons (Fsp3) is 0.429. The van der Waals surface area contributed by atoms with Crippen LogP contribution in [0.15, 0.2) is 18.2 Å². The molecule has 1 heterocycles. The van der Waals surface area contributed by atoms with E-state index in [1.54, 1.807) is 32.3 Å². The van der Waals surface area contributed by atoms with E-state index in [9.17, 15) is 9.59 Å². The monoisotopic (exact) mass is 292 g/mol. The fourth-order valence-corrected chi connectivity index (χ4v) is 2.39. The van der Waals surface area contributed by atoms with Gasteiger partial charge in [-0.15, -0.1) is 0 Å². The molecule has 0 saturated carbocycles. The van der Waals surface area contributed by atoms with Crippen molar-refractivity contribution in [2.45, 2.75) is 6.04 Å². The summed E-state index contributed by atoms with van der Waals surface area (Å²) in [5.74, 6) is -0.368. The van der Waals surface area contributed by atoms with Crippen LogP contribution in [0.2, 0.25) is 0 Å². The first-order valence-electron chi connectivity index (χ1n) is 6.76. The second-order valence-electron chi connectivity index (χ2n) is 4.75. The molecule has 1 aromatic rings. The zero-order valence-electron chi connectivity index (χ0n) is 12.2. The van der Waals surface area contributed by atoms with E-state index in [4.69, 9.17) is 10.5 Å². The van der Waals surface area contributed by atoms with Crippen molar-refractivity contribution in [2.75, 3.05) is 44.5 Å². The molecule has 1 aliphatic rings. The number of likely N-dealkylation sites (N-methyl/N-ethyl adjacent to an activating group) is 1. The van der Waals surface area contributed by atoms with Crippen molar-refractivity contribution in [3.05, 3.63) is 23.8 Å². The molecule has 1 saturated heterocycles. The summed E-state index contributed by atoms with van der Waals surface area (Å²) in [6.45, 7) is 1.29. The van der Waals surface area contributed by atoms with Gasteiger partial charge in [0, 0.05) is 26.3 Å². The summed E-state index contributed by atoms with van der Waals surface area (Å²) in [6.07, 6.45) is 0. The predicted octanol–water partition coefficient (Wildman–Crippen LogP) is -0.420. The number of benzene rings is 1. The second-order valence-corrected chi connectivity index (χ2v) is 4.75. The topological polar surface area (TPSA) is 96.7 Å². The molecule has 7 nitrogen and oxygen atoms in total. The summed E-state index contributed by atoms with van der Waals surface area (Å²) >= 11 is 0. The number of carbonyl (C=O) groups excluding carboxylic acids is 2. The summed E-state index contributed by atoms with van der Waals surface area (Å²) in [5.41, 5.74) is 7.51. The first-order chi connectivity index (χ1) is 10.1. The normalized spacial score (nSPS) is 18.2. The molecule has 1 fully saturated rings. The molecule has 4 N–H and O–H groups in total. The van der Waals surface area contributed by atoms with Crippen molar-refractivity contribution < 1.29 is 14.3 Å². The zero-order valence-corrected chi connectivity index (χ0v) is 12.2. The molecule has 1 atom stereocenters. The molecule has 0 bridgehead atoms. The Bertz CT molecular complexity index is 547. The van der Waals surface area contributed by atoms with Crippen molar-refractivity contribution in [2.24, 2.45) is 0 Å². The highest BCUT2D eigenvalue weighted by Crippen LogP contribution is 2.27. The lowest BCUT2D eigenvalue weighted by molar-refractivity contribution is -0.124. The van der Waals surface area contributed by atoms with E-state index >= 15 is 0 Å². The SMILES string of the molecule is CNC(=O)c1ccc(N)cc1N1CCOCC1C(=O)NC. The van der Waals surface area contributed by atoms with Crippen LogP contribution in [-0.4, -0.2) is 51.7 Å². The van der Waals surface area contributed by atoms with Crippen LogP contribution in [0.1, 0.15) is 10.4 Å². The van der Waals surface area contributed by atoms with Crippen molar-refractivity contribution in [1.82, 2.24) is 10.6 Å². The summed E-state index contributed by atoms with van der Waals surface area (Å²) in [7, 11) is 3.14. The molecule has 2 rings (SSSR count). The van der Waals surface area contributed by atoms with Crippen molar-refractivity contribution in [3.63, 3.8) is 0 Å². The maximum Gasteiger partial charge on any atom is 0.253 e. The van der Waals surface area contributed by atoms with Gasteiger partial charge >= 0.3 is 0 Å². The number of anilines is 2. The quantitative estimate of drug-likeness (QED) is 0.658. The maximum atomic E-state index is 12.0. The van der Waals surface area contributed by atoms with Crippen LogP contribution >= 0.6 is 0 Å². The Labute approximate surface area is 123 Å². The number of carbonyl (C=O) groups is 2. The van der Waals surface area contributed by atoms with Gasteiger partial charge in [0.1, 0.15) is 6.04 Å². The molecule has 2 amide bonds. The molecule has 0 aromatic heterocycles. The molecule has 0 spiro atoms. The second kappa shape index (κ2) is 6.45. The summed E-state index contributed by atoms with van der Waals surface area (Å²) < 4.78 is 5.38. The minimum Gasteiger partial charge on any atom is -0.399 e. The third kappa shape index (κ3) is 3.08. The van der Waals surface area contributed by atoms with E-state index in [0.29, 0.717) is 30.1 Å². The third-order valence-corrected chi connectivity index (χ3v) is 3.48. The Morgan fingerprint density at radius 1 is 1.33 bits per heavy atom. The van der Waals surface area contributed by atoms with E-state index in [2.05, 4.69) is 10.6 Å². The van der Waals surface area contributed by atoms with Crippen LogP contribution in [0.25, 0.3) is 0 Å². The first kappa shape index (κ1) is 15.1. The van der Waals surface area contributed by atoms with E-state index in [0.717, 1.165) is 0 Å². The largest absolute Gasteiger partial charge is 0.399 e. The number of hydrogen-bond donors (Lipinski definition) is 3. The molecule has 7 heteroatoms. The van der Waals surface area contributed by atoms with E-state index in [1.165, 1.54) is 0 Å². The van der Waals surface area contributed by atoms with Gasteiger partial charge in [-0.05, 0) is 18.2 Å². The predicted molar refractivity (Wildman–Crippen MR) is 80.3 cm³/mol. The van der Waals surface area contributed by atoms with Gasteiger partial charge in [-0.1, -0.05) is 0 Å². The molecular weight excluding hydrogens is 272 g/mol. The van der Waals surface area contributed by atoms with Gasteiger partial charge in [0.2, 0.25) is 5.91 Å². The maximum absolute atomic E-state index is 12.0. The number of nitrogens with zero attached hydrogens (tertiary/aromatic N) is 1. The third-order valence-electron chi connectivity index (χ3n) is 3.48. The summed E-state index contributed by atoms with van der Waals surface area (Å²) in [4.78, 5) is 25.9. The van der Waals surface area contributed by atoms with Crippen molar-refractivity contribution >= 4 is 23.2 Å². The average molecular weight is 292 g/mol. The molecule has 1 aliphatic heterocycles. The molecular formula is C14H20N4O3. The lowest BCUT2D eigenvalue weighted by atomic mass is 10.1. The van der Waals surface area contributed by atoms with E-state index in [1.807, 2.05) is 4.90 Å². The zero-order chi connectivity index (χ0) is 15.4. The number of morpholine rings is 1. The van der Waals surface area contributed by atoms with Gasteiger partial charge in [0.15, 0.2) is 0 Å². The highest BCUT2D eigenvalue weighted by molar-refractivity contribution is 6.01. The van der Waals surface area contributed by atoms with Crippen LogP contribution in [0.5, 0.6) is 0 Å². The van der Waals surface area contributed by atoms with Crippen molar-refractivity contribution in [3.8, 4) is 0 Å². The number of hydrogen-bond acceptors (Lipinski definition) is 5. The summed E-state index contributed by atoms with van der Waals surface area (Å²) in [5, 5.41) is 5.22. The Kier molecular flexibility index (Phi) is 4.64. The number of nitrogens with two attached hydrogens (primary N) is 1. The first-order valence-corrected chi connectivity index (χ1v) is 6.76. The molecule has 1 unspecified atom stereocenters. The van der Waals surface area contributed by atoms with Crippen LogP contribution in [0, 0.1) is 0 Å². The van der Waals surface area contributed by atoms with Gasteiger partial charge in [0.05, 0.1) is 24.5 Å². The average Bonchev–Trinajstić information content (AvgIpc) is 2.53. The van der Waals surface area contributed by atoms with Crippen LogP contribution in [0.4, 0.5) is 11.4 Å². The van der Waals surface area contributed by atoms with E-state index in [-0.39, 0.29) is 18.4 Å². The standard InChI is InChI=1S/C14H20N4O3/c1-16-13(19)10-4-3-9(15)7-11(10)18-5-6-21-8-12(18)14(20)17-2/h3-4,7,12H,5-6,8,15H2,1-2H3,(H,16,19)(H,17,20). The highest BCUT2D eigenvalue weighted by atomic mass is 16.5. The Balaban J connectivity index is 2.44. The van der Waals surface area contributed by atoms with Crippen molar-refractivity contribution in [1.29, 1.82) is 0 Å². The number of amides is 2. The van der Waals surface area contributed by atoms with Crippen LogP contribution < -0.4 is 21.3 Å². The van der Waals surface area contributed by atoms with Gasteiger partial charge in [-0.2, -0.15) is 0 Å². The molecule has 0 radical (unpaired) electrons. The lowest BCUT2D eigenvalue weighted by Crippen LogP contribution is -2.53. The fourth-order valence-electron chi connectivity index (χ4n) is 2.39. The molecule has 0 aliphatic carbocycles. The lowest BCUT2D eigenvalue weighted by Gasteiger charge is -2.37. The van der Waals surface area contributed by atoms with Crippen LogP contribution in [0.3, 0.4) is 0 Å². The molecule has 21 heavy (non-hydrogen) atoms. The number of nitrogen functional groups attached to an aromatic ring is 1. The van der Waals surface area contributed by atoms with Crippen LogP contribution in [-0.2, 0) is 9.53 Å². The van der Waals surface area contributed by atoms with E-state index < -0.39 is 6.04 Å². The minimum atomic E-state index is -0.478. The van der Waals surface area contributed by atoms with Gasteiger partial charge in [-0.25, -0.2) is 0 Å². The number of nitrogens with one attached hydrogen (secondary N) is 2. The Morgan fingerprint density at radius 2 is 2.10 bits per heavy atom. The summed E-state index contributed by atoms with van der Waals surface area (Å²) in [6, 6.07) is 4.57. The molecule has 1 aromatic carbocycles. The molecule has 114 valence electrons. The smallest absolute Gasteiger partial charge is 0.253 e. The van der Waals surface area contributed by atoms with Gasteiger partial charge < -0.3 is 26.0 Å². The highest BCUT2D eigenvalue weighted by Gasteiger charge is 2.31.